The molecule has 0 fully saturated rings. The van der Waals surface area contributed by atoms with Gasteiger partial charge in [-0.1, -0.05) is 5.16 Å². The van der Waals surface area contributed by atoms with Gasteiger partial charge in [-0.05, 0) is 13.0 Å². The third-order valence-corrected chi connectivity index (χ3v) is 2.14. The minimum absolute atomic E-state index is 0.0820. The summed E-state index contributed by atoms with van der Waals surface area (Å²) < 4.78 is 6.41. The van der Waals surface area contributed by atoms with Crippen molar-refractivity contribution in [1.29, 1.82) is 0 Å². The number of hydrogen-bond acceptors (Lipinski definition) is 4. The molecule has 2 aromatic heterocycles. The Labute approximate surface area is 85.1 Å². The van der Waals surface area contributed by atoms with Crippen molar-refractivity contribution in [3.63, 3.8) is 0 Å². The first-order chi connectivity index (χ1) is 7.11. The molecule has 15 heavy (non-hydrogen) atoms. The number of aromatic nitrogens is 3. The van der Waals surface area contributed by atoms with E-state index in [0.717, 1.165) is 0 Å². The van der Waals surface area contributed by atoms with Crippen molar-refractivity contribution in [2.24, 2.45) is 7.05 Å². The van der Waals surface area contributed by atoms with Gasteiger partial charge in [0.05, 0.1) is 5.69 Å². The topological polar surface area (TPSA) is 81.2 Å². The first kappa shape index (κ1) is 9.45. The molecule has 0 bridgehead atoms. The van der Waals surface area contributed by atoms with Gasteiger partial charge in [-0.25, -0.2) is 4.79 Å². The molecule has 0 aliphatic carbocycles. The molecular weight excluding hydrogens is 198 g/mol. The highest BCUT2D eigenvalue weighted by atomic mass is 16.5. The van der Waals surface area contributed by atoms with E-state index in [2.05, 4.69) is 10.3 Å². The molecule has 2 aromatic rings. The van der Waals surface area contributed by atoms with Crippen LogP contribution in [0.4, 0.5) is 0 Å². The summed E-state index contributed by atoms with van der Waals surface area (Å²) >= 11 is 0. The van der Waals surface area contributed by atoms with Crippen LogP contribution in [-0.4, -0.2) is 26.0 Å². The Bertz CT molecular complexity index is 512. The van der Waals surface area contributed by atoms with E-state index in [4.69, 9.17) is 9.63 Å². The van der Waals surface area contributed by atoms with Gasteiger partial charge in [-0.2, -0.15) is 5.10 Å². The highest BCUT2D eigenvalue weighted by Gasteiger charge is 2.22. The van der Waals surface area contributed by atoms with E-state index >= 15 is 0 Å². The largest absolute Gasteiger partial charge is 0.477 e. The number of carbonyl (C=O) groups is 1. The minimum Gasteiger partial charge on any atom is -0.477 e. The zero-order valence-corrected chi connectivity index (χ0v) is 8.26. The zero-order chi connectivity index (χ0) is 11.0. The molecule has 0 amide bonds. The van der Waals surface area contributed by atoms with E-state index in [9.17, 15) is 4.79 Å². The summed E-state index contributed by atoms with van der Waals surface area (Å²) in [7, 11) is 1.71. The monoisotopic (exact) mass is 207 g/mol. The van der Waals surface area contributed by atoms with Gasteiger partial charge in [0.15, 0.2) is 0 Å². The van der Waals surface area contributed by atoms with Crippen LogP contribution in [0.5, 0.6) is 0 Å². The van der Waals surface area contributed by atoms with Crippen LogP contribution in [0.1, 0.15) is 16.1 Å². The van der Waals surface area contributed by atoms with Crippen molar-refractivity contribution in [3.8, 4) is 11.4 Å². The minimum atomic E-state index is -1.05. The summed E-state index contributed by atoms with van der Waals surface area (Å²) in [4.78, 5) is 11.0. The van der Waals surface area contributed by atoms with Crippen LogP contribution in [0.2, 0.25) is 0 Å². The predicted molar refractivity (Wildman–Crippen MR) is 50.4 cm³/mol. The first-order valence-electron chi connectivity index (χ1n) is 4.29. The number of rotatable bonds is 2. The summed E-state index contributed by atoms with van der Waals surface area (Å²) in [5.74, 6) is -0.761. The number of nitrogens with zero attached hydrogens (tertiary/aromatic N) is 3. The van der Waals surface area contributed by atoms with Crippen molar-refractivity contribution in [2.45, 2.75) is 6.92 Å². The molecule has 0 atom stereocenters. The summed E-state index contributed by atoms with van der Waals surface area (Å²) in [6.07, 6.45) is 1.57. The average molecular weight is 207 g/mol. The second-order valence-corrected chi connectivity index (χ2v) is 3.11. The van der Waals surface area contributed by atoms with Gasteiger partial charge in [0.1, 0.15) is 17.0 Å². The third-order valence-electron chi connectivity index (χ3n) is 2.14. The number of carboxylic acids is 1. The van der Waals surface area contributed by atoms with Crippen LogP contribution in [0.3, 0.4) is 0 Å². The maximum atomic E-state index is 11.0. The summed E-state index contributed by atoms with van der Waals surface area (Å²) in [5, 5.41) is 16.7. The van der Waals surface area contributed by atoms with Gasteiger partial charge in [0.2, 0.25) is 0 Å². The lowest BCUT2D eigenvalue weighted by molar-refractivity contribution is 0.0695. The van der Waals surface area contributed by atoms with Gasteiger partial charge in [0.25, 0.3) is 0 Å². The molecule has 78 valence electrons. The van der Waals surface area contributed by atoms with E-state index < -0.39 is 5.97 Å². The molecular formula is C9H9N3O3. The Morgan fingerprint density at radius 2 is 2.33 bits per heavy atom. The summed E-state index contributed by atoms with van der Waals surface area (Å²) in [6.45, 7) is 1.57. The van der Waals surface area contributed by atoms with Gasteiger partial charge in [-0.15, -0.1) is 0 Å². The van der Waals surface area contributed by atoms with Crippen molar-refractivity contribution < 1.29 is 14.4 Å². The standard InChI is InChI=1S/C9H9N3O3/c1-5-7(9(13)14)8(11-15-5)6-3-4-10-12(6)2/h3-4H,1-2H3,(H,13,14). The Kier molecular flexibility index (Phi) is 2.03. The quantitative estimate of drug-likeness (QED) is 0.796. The number of aryl methyl sites for hydroxylation is 2. The normalized spacial score (nSPS) is 10.5. The van der Waals surface area contributed by atoms with Gasteiger partial charge in [0, 0.05) is 13.2 Å². The fourth-order valence-corrected chi connectivity index (χ4v) is 1.41. The molecule has 0 unspecified atom stereocenters. The second kappa shape index (κ2) is 3.23. The highest BCUT2D eigenvalue weighted by molar-refractivity contribution is 5.95. The lowest BCUT2D eigenvalue weighted by atomic mass is 10.1. The van der Waals surface area contributed by atoms with Gasteiger partial charge in [-0.3, -0.25) is 4.68 Å². The Hall–Kier alpha value is -2.11. The number of aromatic carboxylic acids is 1. The molecule has 2 heterocycles. The predicted octanol–water partition coefficient (Wildman–Crippen LogP) is 1.08. The molecule has 2 rings (SSSR count). The Balaban J connectivity index is 2.64. The van der Waals surface area contributed by atoms with Crippen LogP contribution >= 0.6 is 0 Å². The van der Waals surface area contributed by atoms with Crippen LogP contribution in [0, 0.1) is 6.92 Å². The van der Waals surface area contributed by atoms with E-state index in [-0.39, 0.29) is 5.56 Å². The SMILES string of the molecule is Cc1onc(-c2ccnn2C)c1C(=O)O. The molecule has 0 aromatic carbocycles. The lowest BCUT2D eigenvalue weighted by Crippen LogP contribution is -2.02. The molecule has 0 radical (unpaired) electrons. The van der Waals surface area contributed by atoms with E-state index in [1.54, 1.807) is 30.9 Å². The Morgan fingerprint density at radius 1 is 1.60 bits per heavy atom. The number of hydrogen-bond donors (Lipinski definition) is 1. The fourth-order valence-electron chi connectivity index (χ4n) is 1.41. The molecule has 6 nitrogen and oxygen atoms in total. The highest BCUT2D eigenvalue weighted by Crippen LogP contribution is 2.24. The molecule has 0 aliphatic rings. The fraction of sp³-hybridized carbons (Fsp3) is 0.222. The smallest absolute Gasteiger partial charge is 0.341 e. The molecule has 0 aliphatic heterocycles. The van der Waals surface area contributed by atoms with Crippen molar-refractivity contribution in [3.05, 3.63) is 23.6 Å². The molecule has 0 spiro atoms. The van der Waals surface area contributed by atoms with Crippen LogP contribution in [-0.2, 0) is 7.05 Å². The zero-order valence-electron chi connectivity index (χ0n) is 8.26. The first-order valence-corrected chi connectivity index (χ1v) is 4.29. The molecule has 0 saturated heterocycles. The maximum Gasteiger partial charge on any atom is 0.341 e. The van der Waals surface area contributed by atoms with Gasteiger partial charge < -0.3 is 9.63 Å². The van der Waals surface area contributed by atoms with Crippen LogP contribution in [0.15, 0.2) is 16.8 Å². The summed E-state index contributed by atoms with van der Waals surface area (Å²) in [6, 6.07) is 1.68. The van der Waals surface area contributed by atoms with E-state index in [1.807, 2.05) is 0 Å². The maximum absolute atomic E-state index is 11.0. The van der Waals surface area contributed by atoms with E-state index in [1.165, 1.54) is 0 Å². The van der Waals surface area contributed by atoms with Crippen LogP contribution < -0.4 is 0 Å². The molecule has 1 N–H and O–H groups in total. The molecule has 0 saturated carbocycles. The van der Waals surface area contributed by atoms with Gasteiger partial charge >= 0.3 is 5.97 Å². The lowest BCUT2D eigenvalue weighted by Gasteiger charge is -1.97. The van der Waals surface area contributed by atoms with Crippen molar-refractivity contribution in [2.75, 3.05) is 0 Å². The third kappa shape index (κ3) is 1.39. The summed E-state index contributed by atoms with van der Waals surface area (Å²) in [5.41, 5.74) is 1.00. The average Bonchev–Trinajstić information content (AvgIpc) is 2.71. The van der Waals surface area contributed by atoms with E-state index in [0.29, 0.717) is 17.1 Å². The molecule has 6 heteroatoms. The second-order valence-electron chi connectivity index (χ2n) is 3.11. The van der Waals surface area contributed by atoms with Crippen molar-refractivity contribution in [1.82, 2.24) is 14.9 Å². The Morgan fingerprint density at radius 3 is 2.87 bits per heavy atom. The number of carboxylic acid groups (broad SMARTS) is 1. The van der Waals surface area contributed by atoms with Crippen molar-refractivity contribution >= 4 is 5.97 Å². The van der Waals surface area contributed by atoms with Crippen LogP contribution in [0.25, 0.3) is 11.4 Å².